The molecular weight excluding hydrogens is 689 g/mol. The van der Waals surface area contributed by atoms with Crippen molar-refractivity contribution in [1.29, 1.82) is 10.5 Å². The van der Waals surface area contributed by atoms with Crippen LogP contribution in [0.4, 0.5) is 0 Å². The minimum atomic E-state index is 0.491. The summed E-state index contributed by atoms with van der Waals surface area (Å²) in [5.41, 5.74) is 11.2. The molecule has 6 nitrogen and oxygen atoms in total. The Balaban J connectivity index is 1.32. The van der Waals surface area contributed by atoms with Crippen LogP contribution in [0.15, 0.2) is 167 Å². The smallest absolute Gasteiger partial charge is 0.137 e. The highest BCUT2D eigenvalue weighted by Crippen LogP contribution is 2.46. The van der Waals surface area contributed by atoms with Crippen molar-refractivity contribution in [3.8, 4) is 34.6 Å². The van der Waals surface area contributed by atoms with Gasteiger partial charge >= 0.3 is 0 Å². The Kier molecular flexibility index (Phi) is 6.10. The summed E-state index contributed by atoms with van der Waals surface area (Å²) < 4.78 is 17.4. The van der Waals surface area contributed by atoms with Gasteiger partial charge < -0.3 is 18.0 Å². The largest absolute Gasteiger partial charge is 0.456 e. The minimum Gasteiger partial charge on any atom is -0.456 e. The zero-order valence-electron chi connectivity index (χ0n) is 29.6. The van der Waals surface area contributed by atoms with Gasteiger partial charge in [-0.25, -0.2) is 0 Å². The first-order chi connectivity index (χ1) is 27.7. The molecule has 258 valence electrons. The number of hydrogen-bond acceptors (Lipinski definition) is 4. The predicted octanol–water partition coefficient (Wildman–Crippen LogP) is 13.1. The Labute approximate surface area is 318 Å². The molecule has 4 heterocycles. The first-order valence-electron chi connectivity index (χ1n) is 18.5. The zero-order chi connectivity index (χ0) is 37.1. The number of benzene rings is 8. The number of para-hydroxylation sites is 4. The fourth-order valence-corrected chi connectivity index (χ4v) is 9.11. The lowest BCUT2D eigenvalue weighted by Crippen LogP contribution is -2.06. The molecule has 12 aromatic rings. The van der Waals surface area contributed by atoms with Crippen LogP contribution in [0, 0.1) is 22.7 Å². The third-order valence-corrected chi connectivity index (χ3v) is 11.4. The van der Waals surface area contributed by atoms with E-state index in [1.54, 1.807) is 0 Å². The van der Waals surface area contributed by atoms with E-state index in [1.165, 1.54) is 0 Å². The molecule has 0 aliphatic carbocycles. The normalized spacial score (nSPS) is 11.9. The van der Waals surface area contributed by atoms with E-state index >= 15 is 0 Å². The highest BCUT2D eigenvalue weighted by molar-refractivity contribution is 6.26. The maximum Gasteiger partial charge on any atom is 0.137 e. The van der Waals surface area contributed by atoms with E-state index in [2.05, 4.69) is 100 Å². The third-order valence-electron chi connectivity index (χ3n) is 11.4. The number of rotatable bonds is 3. The molecular formula is C50H26N4O2. The van der Waals surface area contributed by atoms with Crippen molar-refractivity contribution in [2.45, 2.75) is 0 Å². The summed E-state index contributed by atoms with van der Waals surface area (Å²) in [6, 6.07) is 58.2. The molecule has 0 aliphatic heterocycles. The van der Waals surface area contributed by atoms with Crippen molar-refractivity contribution in [2.24, 2.45) is 0 Å². The van der Waals surface area contributed by atoms with Crippen LogP contribution < -0.4 is 0 Å². The summed E-state index contributed by atoms with van der Waals surface area (Å²) in [5.74, 6) is 0. The minimum absolute atomic E-state index is 0.491. The van der Waals surface area contributed by atoms with Gasteiger partial charge in [0.05, 0.1) is 55.8 Å². The van der Waals surface area contributed by atoms with Crippen LogP contribution in [0.25, 0.3) is 110 Å². The molecule has 6 heteroatoms. The highest BCUT2D eigenvalue weighted by atomic mass is 16.3. The molecule has 0 atom stereocenters. The van der Waals surface area contributed by atoms with Crippen molar-refractivity contribution in [1.82, 2.24) is 9.13 Å². The molecule has 0 spiro atoms. The van der Waals surface area contributed by atoms with Gasteiger partial charge in [-0.2, -0.15) is 10.5 Å². The van der Waals surface area contributed by atoms with E-state index in [0.717, 1.165) is 110 Å². The first-order valence-corrected chi connectivity index (χ1v) is 18.5. The second kappa shape index (κ2) is 11.2. The lowest BCUT2D eigenvalue weighted by atomic mass is 9.96. The lowest BCUT2D eigenvalue weighted by Gasteiger charge is -2.20. The van der Waals surface area contributed by atoms with Crippen molar-refractivity contribution in [3.05, 3.63) is 169 Å². The highest BCUT2D eigenvalue weighted by Gasteiger charge is 2.27. The van der Waals surface area contributed by atoms with Crippen LogP contribution in [0.2, 0.25) is 0 Å². The second-order valence-electron chi connectivity index (χ2n) is 14.2. The Morgan fingerprint density at radius 2 is 0.982 bits per heavy atom. The maximum absolute atomic E-state index is 11.7. The number of furan rings is 2. The summed E-state index contributed by atoms with van der Waals surface area (Å²) in [5, 5.41) is 29.9. The predicted molar refractivity (Wildman–Crippen MR) is 225 cm³/mol. The lowest BCUT2D eigenvalue weighted by molar-refractivity contribution is 0.669. The molecule has 0 aliphatic rings. The van der Waals surface area contributed by atoms with E-state index in [-0.39, 0.29) is 0 Å². The summed E-state index contributed by atoms with van der Waals surface area (Å²) in [6.45, 7) is 0. The quantitative estimate of drug-likeness (QED) is 0.182. The van der Waals surface area contributed by atoms with Crippen LogP contribution >= 0.6 is 0 Å². The Morgan fingerprint density at radius 1 is 0.429 bits per heavy atom. The molecule has 56 heavy (non-hydrogen) atoms. The summed E-state index contributed by atoms with van der Waals surface area (Å²) in [7, 11) is 0. The van der Waals surface area contributed by atoms with E-state index in [0.29, 0.717) is 11.1 Å². The number of nitriles is 2. The molecule has 0 saturated heterocycles. The molecule has 12 rings (SSSR count). The number of aromatic nitrogens is 2. The molecule has 4 aromatic heterocycles. The Hall–Kier alpha value is -8.06. The van der Waals surface area contributed by atoms with Gasteiger partial charge in [0.1, 0.15) is 34.0 Å². The average molecular weight is 715 g/mol. The number of hydrogen-bond donors (Lipinski definition) is 0. The molecule has 0 radical (unpaired) electrons. The Morgan fingerprint density at radius 3 is 1.59 bits per heavy atom. The fraction of sp³-hybridized carbons (Fsp3) is 0. The molecule has 0 bridgehead atoms. The van der Waals surface area contributed by atoms with E-state index in [4.69, 9.17) is 8.83 Å². The third kappa shape index (κ3) is 3.97. The van der Waals surface area contributed by atoms with Crippen molar-refractivity contribution < 1.29 is 8.83 Å². The summed E-state index contributed by atoms with van der Waals surface area (Å²) in [6.07, 6.45) is 0. The fourth-order valence-electron chi connectivity index (χ4n) is 9.11. The van der Waals surface area contributed by atoms with Crippen molar-refractivity contribution in [2.75, 3.05) is 0 Å². The molecule has 0 unspecified atom stereocenters. The van der Waals surface area contributed by atoms with E-state index in [9.17, 15) is 10.5 Å². The SMILES string of the molecule is N#Cc1cccc(-c2ccc(-n3c4ccccc4c4ccc5oc6ccccc6c5c43)c(C#N)c2-n2c3ccccc3c3ccc4oc5ccccc5c4c32)c1. The molecule has 0 N–H and O–H groups in total. The summed E-state index contributed by atoms with van der Waals surface area (Å²) >= 11 is 0. The standard InChI is InChI=1S/C50H26N4O2/c51-27-29-10-9-11-30(26-29)31-20-23-41(53-39-16-5-1-12-32(39)34-21-24-44-46(49(34)53)36-14-3-7-18-42(36)55-44)38(28-52)48(31)54-40-17-6-2-13-33(40)35-22-25-45-47(50(35)54)37-15-4-8-19-43(37)56-45/h1-26H. The number of nitrogens with zero attached hydrogens (tertiary/aromatic N) is 4. The van der Waals surface area contributed by atoms with Crippen molar-refractivity contribution in [3.63, 3.8) is 0 Å². The first kappa shape index (κ1) is 30.4. The van der Waals surface area contributed by atoms with E-state index in [1.807, 2.05) is 78.9 Å². The van der Waals surface area contributed by atoms with Crippen LogP contribution in [0.3, 0.4) is 0 Å². The topological polar surface area (TPSA) is 83.7 Å². The Bertz CT molecular complexity index is 3750. The average Bonchev–Trinajstić information content (AvgIpc) is 4.00. The van der Waals surface area contributed by atoms with Gasteiger partial charge in [0.2, 0.25) is 0 Å². The van der Waals surface area contributed by atoms with Gasteiger partial charge in [0, 0.05) is 37.9 Å². The van der Waals surface area contributed by atoms with Gasteiger partial charge in [0.25, 0.3) is 0 Å². The molecule has 0 saturated carbocycles. The van der Waals surface area contributed by atoms with Gasteiger partial charge in [-0.3, -0.25) is 0 Å². The van der Waals surface area contributed by atoms with Crippen LogP contribution in [0.1, 0.15) is 11.1 Å². The van der Waals surface area contributed by atoms with E-state index < -0.39 is 0 Å². The van der Waals surface area contributed by atoms with Crippen LogP contribution in [0.5, 0.6) is 0 Å². The van der Waals surface area contributed by atoms with Crippen molar-refractivity contribution >= 4 is 87.5 Å². The zero-order valence-corrected chi connectivity index (χ0v) is 29.6. The van der Waals surface area contributed by atoms with Gasteiger partial charge in [0.15, 0.2) is 0 Å². The maximum atomic E-state index is 11.7. The second-order valence-corrected chi connectivity index (χ2v) is 14.2. The molecule has 0 amide bonds. The van der Waals surface area contributed by atoms with Crippen LogP contribution in [-0.4, -0.2) is 9.13 Å². The molecule has 8 aromatic carbocycles. The number of fused-ring (bicyclic) bond motifs is 14. The van der Waals surface area contributed by atoms with Crippen LogP contribution in [-0.2, 0) is 0 Å². The molecule has 0 fully saturated rings. The van der Waals surface area contributed by atoms with Gasteiger partial charge in [-0.1, -0.05) is 91.0 Å². The summed E-state index contributed by atoms with van der Waals surface area (Å²) in [4.78, 5) is 0. The van der Waals surface area contributed by atoms with Gasteiger partial charge in [-0.05, 0) is 72.3 Å². The monoisotopic (exact) mass is 714 g/mol. The van der Waals surface area contributed by atoms with Gasteiger partial charge in [-0.15, -0.1) is 0 Å².